The summed E-state index contributed by atoms with van der Waals surface area (Å²) in [7, 11) is 0. The van der Waals surface area contributed by atoms with Gasteiger partial charge >= 0.3 is 0 Å². The van der Waals surface area contributed by atoms with Gasteiger partial charge in [-0.1, -0.05) is 0 Å². The molecule has 0 amide bonds. The molecular formula is C8H18O3. The zero-order valence-corrected chi connectivity index (χ0v) is 7.63. The van der Waals surface area contributed by atoms with Crippen LogP contribution in [0.4, 0.5) is 0 Å². The third-order valence-electron chi connectivity index (χ3n) is 1.51. The van der Waals surface area contributed by atoms with E-state index in [4.69, 9.17) is 0 Å². The lowest BCUT2D eigenvalue weighted by molar-refractivity contribution is -0.0840. The fraction of sp³-hybridized carbons (Fsp3) is 1.00. The standard InChI is InChI=1S/C8H18O3/c1-7(2,10)5-6(9)8(3,4)11/h6,9-11H,5H2,1-4H3/t6-/m0/s1. The predicted octanol–water partition coefficient (Wildman–Crippen LogP) is 0.279. The Morgan fingerprint density at radius 1 is 1.09 bits per heavy atom. The van der Waals surface area contributed by atoms with Gasteiger partial charge in [-0.3, -0.25) is 0 Å². The monoisotopic (exact) mass is 162 g/mol. The highest BCUT2D eigenvalue weighted by atomic mass is 16.3. The molecule has 1 atom stereocenters. The number of rotatable bonds is 3. The van der Waals surface area contributed by atoms with E-state index in [0.29, 0.717) is 0 Å². The summed E-state index contributed by atoms with van der Waals surface area (Å²) >= 11 is 0. The molecule has 0 aliphatic carbocycles. The average molecular weight is 162 g/mol. The van der Waals surface area contributed by atoms with Crippen molar-refractivity contribution in [3.05, 3.63) is 0 Å². The van der Waals surface area contributed by atoms with Gasteiger partial charge in [0.05, 0.1) is 17.3 Å². The highest BCUT2D eigenvalue weighted by Gasteiger charge is 2.29. The van der Waals surface area contributed by atoms with Gasteiger partial charge in [-0.05, 0) is 27.7 Å². The first-order valence-electron chi connectivity index (χ1n) is 3.76. The van der Waals surface area contributed by atoms with Crippen molar-refractivity contribution in [2.24, 2.45) is 0 Å². The largest absolute Gasteiger partial charge is 0.390 e. The molecule has 68 valence electrons. The van der Waals surface area contributed by atoms with Gasteiger partial charge < -0.3 is 15.3 Å². The first-order chi connectivity index (χ1) is 4.63. The Hall–Kier alpha value is -0.120. The summed E-state index contributed by atoms with van der Waals surface area (Å²) in [6, 6.07) is 0. The number of aliphatic hydroxyl groups excluding tert-OH is 1. The van der Waals surface area contributed by atoms with E-state index in [1.54, 1.807) is 13.8 Å². The lowest BCUT2D eigenvalue weighted by atomic mass is 9.91. The molecule has 0 aliphatic rings. The average Bonchev–Trinajstić information content (AvgIpc) is 1.56. The smallest absolute Gasteiger partial charge is 0.0850 e. The second-order valence-corrected chi connectivity index (χ2v) is 4.19. The van der Waals surface area contributed by atoms with Gasteiger partial charge in [-0.2, -0.15) is 0 Å². The molecule has 0 spiro atoms. The lowest BCUT2D eigenvalue weighted by Crippen LogP contribution is -2.41. The van der Waals surface area contributed by atoms with E-state index in [9.17, 15) is 15.3 Å². The van der Waals surface area contributed by atoms with E-state index in [1.807, 2.05) is 0 Å². The van der Waals surface area contributed by atoms with E-state index >= 15 is 0 Å². The van der Waals surface area contributed by atoms with Crippen molar-refractivity contribution < 1.29 is 15.3 Å². The summed E-state index contributed by atoms with van der Waals surface area (Å²) in [5.41, 5.74) is -2.07. The van der Waals surface area contributed by atoms with Crippen LogP contribution in [-0.4, -0.2) is 32.6 Å². The Morgan fingerprint density at radius 2 is 1.45 bits per heavy atom. The van der Waals surface area contributed by atoms with Crippen LogP contribution < -0.4 is 0 Å². The molecule has 0 rings (SSSR count). The van der Waals surface area contributed by atoms with E-state index < -0.39 is 17.3 Å². The second-order valence-electron chi connectivity index (χ2n) is 4.19. The fourth-order valence-corrected chi connectivity index (χ4v) is 0.723. The van der Waals surface area contributed by atoms with Gasteiger partial charge in [0.15, 0.2) is 0 Å². The van der Waals surface area contributed by atoms with Gasteiger partial charge in [-0.25, -0.2) is 0 Å². The Kier molecular flexibility index (Phi) is 3.06. The minimum Gasteiger partial charge on any atom is -0.390 e. The lowest BCUT2D eigenvalue weighted by Gasteiger charge is -2.29. The summed E-state index contributed by atoms with van der Waals surface area (Å²) in [6.45, 7) is 6.23. The molecule has 0 bridgehead atoms. The SMILES string of the molecule is CC(C)(O)C[C@H](O)C(C)(C)O. The molecule has 0 unspecified atom stereocenters. The molecule has 0 radical (unpaired) electrons. The van der Waals surface area contributed by atoms with Crippen LogP contribution in [0.2, 0.25) is 0 Å². The number of aliphatic hydroxyl groups is 3. The Bertz CT molecular complexity index is 118. The van der Waals surface area contributed by atoms with Crippen LogP contribution in [0, 0.1) is 0 Å². The van der Waals surface area contributed by atoms with Gasteiger partial charge in [0.1, 0.15) is 0 Å². The van der Waals surface area contributed by atoms with Crippen LogP contribution >= 0.6 is 0 Å². The quantitative estimate of drug-likeness (QED) is 0.558. The molecule has 0 fully saturated rings. The van der Waals surface area contributed by atoms with Crippen molar-refractivity contribution in [2.45, 2.75) is 51.4 Å². The molecule has 0 aromatic heterocycles. The highest BCUT2D eigenvalue weighted by molar-refractivity contribution is 4.82. The minimum atomic E-state index is -1.14. The molecule has 3 heteroatoms. The molecule has 0 saturated heterocycles. The maximum atomic E-state index is 9.31. The van der Waals surface area contributed by atoms with Crippen LogP contribution in [0.3, 0.4) is 0 Å². The number of hydrogen-bond acceptors (Lipinski definition) is 3. The molecule has 0 saturated carbocycles. The zero-order chi connectivity index (χ0) is 9.28. The van der Waals surface area contributed by atoms with Gasteiger partial charge in [0, 0.05) is 6.42 Å². The normalized spacial score (nSPS) is 16.6. The van der Waals surface area contributed by atoms with Crippen molar-refractivity contribution in [2.75, 3.05) is 0 Å². The van der Waals surface area contributed by atoms with Crippen LogP contribution in [0.25, 0.3) is 0 Å². The summed E-state index contributed by atoms with van der Waals surface area (Å²) in [4.78, 5) is 0. The van der Waals surface area contributed by atoms with E-state index in [2.05, 4.69) is 0 Å². The molecule has 0 aromatic rings. The first kappa shape index (κ1) is 10.9. The van der Waals surface area contributed by atoms with Crippen molar-refractivity contribution in [3.8, 4) is 0 Å². The molecule has 11 heavy (non-hydrogen) atoms. The summed E-state index contributed by atoms with van der Waals surface area (Å²) in [6.07, 6.45) is -0.709. The summed E-state index contributed by atoms with van der Waals surface area (Å²) in [5, 5.41) is 27.9. The Labute approximate surface area is 67.7 Å². The van der Waals surface area contributed by atoms with E-state index in [0.717, 1.165) is 0 Å². The van der Waals surface area contributed by atoms with Gasteiger partial charge in [-0.15, -0.1) is 0 Å². The molecule has 3 N–H and O–H groups in total. The first-order valence-corrected chi connectivity index (χ1v) is 3.76. The van der Waals surface area contributed by atoms with Crippen LogP contribution in [0.15, 0.2) is 0 Å². The summed E-state index contributed by atoms with van der Waals surface area (Å²) in [5.74, 6) is 0. The maximum Gasteiger partial charge on any atom is 0.0850 e. The van der Waals surface area contributed by atoms with E-state index in [1.165, 1.54) is 13.8 Å². The van der Waals surface area contributed by atoms with Crippen molar-refractivity contribution >= 4 is 0 Å². The van der Waals surface area contributed by atoms with Crippen molar-refractivity contribution in [3.63, 3.8) is 0 Å². The van der Waals surface area contributed by atoms with Crippen molar-refractivity contribution in [1.82, 2.24) is 0 Å². The molecule has 0 aromatic carbocycles. The third kappa shape index (κ3) is 5.18. The highest BCUT2D eigenvalue weighted by Crippen LogP contribution is 2.18. The van der Waals surface area contributed by atoms with Crippen molar-refractivity contribution in [1.29, 1.82) is 0 Å². The second kappa shape index (κ2) is 3.09. The van der Waals surface area contributed by atoms with E-state index in [-0.39, 0.29) is 6.42 Å². The molecular weight excluding hydrogens is 144 g/mol. The zero-order valence-electron chi connectivity index (χ0n) is 7.63. The molecule has 3 nitrogen and oxygen atoms in total. The predicted molar refractivity (Wildman–Crippen MR) is 43.2 cm³/mol. The fourth-order valence-electron chi connectivity index (χ4n) is 0.723. The Balaban J connectivity index is 3.99. The van der Waals surface area contributed by atoms with Crippen LogP contribution in [0.1, 0.15) is 34.1 Å². The third-order valence-corrected chi connectivity index (χ3v) is 1.51. The minimum absolute atomic E-state index is 0.177. The maximum absolute atomic E-state index is 9.31. The Morgan fingerprint density at radius 3 is 1.55 bits per heavy atom. The molecule has 0 aliphatic heterocycles. The van der Waals surface area contributed by atoms with Crippen LogP contribution in [0.5, 0.6) is 0 Å². The topological polar surface area (TPSA) is 60.7 Å². The molecule has 0 heterocycles. The van der Waals surface area contributed by atoms with Gasteiger partial charge in [0.25, 0.3) is 0 Å². The van der Waals surface area contributed by atoms with Crippen LogP contribution in [-0.2, 0) is 0 Å². The van der Waals surface area contributed by atoms with Gasteiger partial charge in [0.2, 0.25) is 0 Å². The summed E-state index contributed by atoms with van der Waals surface area (Å²) < 4.78 is 0. The number of hydrogen-bond donors (Lipinski definition) is 3.